The van der Waals surface area contributed by atoms with E-state index in [1.165, 1.54) is 6.21 Å². The second-order valence-corrected chi connectivity index (χ2v) is 9.67. The van der Waals surface area contributed by atoms with Gasteiger partial charge in [0.15, 0.2) is 11.7 Å². The molecule has 3 N–H and O–H groups in total. The summed E-state index contributed by atoms with van der Waals surface area (Å²) in [6.45, 7) is 3.78. The number of ether oxygens (including phenoxy) is 3. The highest BCUT2D eigenvalue weighted by molar-refractivity contribution is 7.80. The summed E-state index contributed by atoms with van der Waals surface area (Å²) >= 11 is 11.5. The molecule has 1 aliphatic heterocycles. The number of hydrogen-bond acceptors (Lipinski definition) is 7. The van der Waals surface area contributed by atoms with E-state index in [4.69, 9.17) is 38.0 Å². The first-order valence-corrected chi connectivity index (χ1v) is 13.6. The van der Waals surface area contributed by atoms with Crippen LogP contribution in [0.25, 0.3) is 0 Å². The third-order valence-corrected chi connectivity index (χ3v) is 6.58. The van der Waals surface area contributed by atoms with Crippen LogP contribution >= 0.6 is 23.8 Å². The standard InChI is InChI=1S/C30H29ClN4O5S/c1-3-38-29(37)27-19(2)33-30(41)34-28(27)23-9-5-7-11-25(23)40-18-26(36)35-32-16-20-12-14-22(15-13-20)39-17-21-8-4-6-10-24(21)31/h4-16,28H,3,17-18H2,1-2H3,(H,35,36)(H2,33,34,41)/t28-/m0/s1. The van der Waals surface area contributed by atoms with Crippen molar-refractivity contribution in [2.45, 2.75) is 26.5 Å². The summed E-state index contributed by atoms with van der Waals surface area (Å²) in [7, 11) is 0. The van der Waals surface area contributed by atoms with Gasteiger partial charge in [0.25, 0.3) is 5.91 Å². The molecular formula is C30H29ClN4O5S. The van der Waals surface area contributed by atoms with Crippen molar-refractivity contribution >= 4 is 47.0 Å². The normalized spacial score (nSPS) is 14.7. The Morgan fingerprint density at radius 2 is 1.78 bits per heavy atom. The van der Waals surface area contributed by atoms with E-state index in [0.717, 1.165) is 11.1 Å². The van der Waals surface area contributed by atoms with Crippen molar-refractivity contribution in [1.29, 1.82) is 0 Å². The minimum atomic E-state index is -0.614. The monoisotopic (exact) mass is 592 g/mol. The molecule has 0 saturated carbocycles. The van der Waals surface area contributed by atoms with Gasteiger partial charge in [-0.25, -0.2) is 10.2 Å². The van der Waals surface area contributed by atoms with Gasteiger partial charge in [-0.05, 0) is 68.0 Å². The second kappa shape index (κ2) is 14.3. The van der Waals surface area contributed by atoms with Gasteiger partial charge in [0.05, 0.1) is 24.4 Å². The van der Waals surface area contributed by atoms with Crippen LogP contribution in [0.5, 0.6) is 11.5 Å². The number of thiocarbonyl (C=S) groups is 1. The predicted octanol–water partition coefficient (Wildman–Crippen LogP) is 4.80. The molecule has 1 atom stereocenters. The summed E-state index contributed by atoms with van der Waals surface area (Å²) < 4.78 is 16.8. The van der Waals surface area contributed by atoms with Crippen LogP contribution in [-0.2, 0) is 20.9 Å². The SMILES string of the molecule is CCOC(=O)C1=C(C)NC(=S)N[C@H]1c1ccccc1OCC(=O)NN=Cc1ccc(OCc2ccccc2Cl)cc1. The maximum Gasteiger partial charge on any atom is 0.338 e. The number of allylic oxidation sites excluding steroid dienone is 1. The van der Waals surface area contributed by atoms with E-state index in [9.17, 15) is 9.59 Å². The first kappa shape index (κ1) is 29.6. The maximum absolute atomic E-state index is 12.7. The molecule has 1 aliphatic rings. The second-order valence-electron chi connectivity index (χ2n) is 8.86. The van der Waals surface area contributed by atoms with Gasteiger partial charge in [-0.2, -0.15) is 5.10 Å². The number of amides is 1. The molecule has 0 radical (unpaired) electrons. The molecule has 0 fully saturated rings. The Bertz CT molecular complexity index is 1480. The molecule has 3 aromatic carbocycles. The number of halogens is 1. The van der Waals surface area contributed by atoms with Gasteiger partial charge in [-0.15, -0.1) is 0 Å². The molecule has 41 heavy (non-hydrogen) atoms. The average molecular weight is 593 g/mol. The Hall–Kier alpha value is -4.41. The summed E-state index contributed by atoms with van der Waals surface area (Å²) in [5, 5.41) is 11.1. The van der Waals surface area contributed by atoms with Crippen molar-refractivity contribution in [2.24, 2.45) is 5.10 Å². The van der Waals surface area contributed by atoms with Crippen LogP contribution in [0.4, 0.5) is 0 Å². The smallest absolute Gasteiger partial charge is 0.338 e. The zero-order chi connectivity index (χ0) is 29.2. The first-order valence-electron chi connectivity index (χ1n) is 12.8. The summed E-state index contributed by atoms with van der Waals surface area (Å²) in [6, 6.07) is 21.2. The lowest BCUT2D eigenvalue weighted by molar-refractivity contribution is -0.139. The molecule has 1 heterocycles. The van der Waals surface area contributed by atoms with E-state index < -0.39 is 17.9 Å². The minimum Gasteiger partial charge on any atom is -0.489 e. The van der Waals surface area contributed by atoms with E-state index in [1.54, 1.807) is 44.2 Å². The number of hydrazone groups is 1. The largest absolute Gasteiger partial charge is 0.489 e. The number of nitrogens with one attached hydrogen (secondary N) is 3. The number of hydrogen-bond donors (Lipinski definition) is 3. The number of esters is 1. The van der Waals surface area contributed by atoms with Crippen molar-refractivity contribution in [3.05, 3.63) is 106 Å². The first-order chi connectivity index (χ1) is 19.9. The number of carbonyl (C=O) groups excluding carboxylic acids is 2. The molecule has 0 bridgehead atoms. The quantitative estimate of drug-likeness (QED) is 0.126. The topological polar surface area (TPSA) is 110 Å². The van der Waals surface area contributed by atoms with Crippen LogP contribution in [-0.4, -0.2) is 36.4 Å². The number of para-hydroxylation sites is 1. The maximum atomic E-state index is 12.7. The lowest BCUT2D eigenvalue weighted by Crippen LogP contribution is -2.45. The van der Waals surface area contributed by atoms with E-state index in [0.29, 0.717) is 45.1 Å². The molecule has 0 aromatic heterocycles. The van der Waals surface area contributed by atoms with Crippen molar-refractivity contribution in [2.75, 3.05) is 13.2 Å². The van der Waals surface area contributed by atoms with Crippen LogP contribution in [0, 0.1) is 0 Å². The van der Waals surface area contributed by atoms with Gasteiger partial charge in [-0.3, -0.25) is 4.79 Å². The van der Waals surface area contributed by atoms with E-state index >= 15 is 0 Å². The van der Waals surface area contributed by atoms with E-state index in [2.05, 4.69) is 21.2 Å². The van der Waals surface area contributed by atoms with Crippen LogP contribution < -0.4 is 25.5 Å². The lowest BCUT2D eigenvalue weighted by Gasteiger charge is -2.30. The molecule has 0 unspecified atom stereocenters. The summed E-state index contributed by atoms with van der Waals surface area (Å²) in [5.41, 5.74) is 5.71. The number of rotatable bonds is 11. The molecule has 4 rings (SSSR count). The zero-order valence-electron chi connectivity index (χ0n) is 22.5. The third kappa shape index (κ3) is 8.06. The van der Waals surface area contributed by atoms with Crippen LogP contribution in [0.3, 0.4) is 0 Å². The van der Waals surface area contributed by atoms with Crippen molar-refractivity contribution < 1.29 is 23.8 Å². The van der Waals surface area contributed by atoms with Crippen LogP contribution in [0.15, 0.2) is 89.2 Å². The fourth-order valence-electron chi connectivity index (χ4n) is 4.04. The summed E-state index contributed by atoms with van der Waals surface area (Å²) in [5.74, 6) is 0.163. The molecule has 0 spiro atoms. The van der Waals surface area contributed by atoms with Gasteiger partial charge in [0.1, 0.15) is 18.1 Å². The molecule has 0 aliphatic carbocycles. The van der Waals surface area contributed by atoms with Gasteiger partial charge in [0.2, 0.25) is 0 Å². The Balaban J connectivity index is 1.33. The third-order valence-electron chi connectivity index (χ3n) is 5.99. The molecular weight excluding hydrogens is 564 g/mol. The highest BCUT2D eigenvalue weighted by atomic mass is 35.5. The highest BCUT2D eigenvalue weighted by Gasteiger charge is 2.32. The lowest BCUT2D eigenvalue weighted by atomic mass is 9.95. The Morgan fingerprint density at radius 3 is 2.54 bits per heavy atom. The van der Waals surface area contributed by atoms with Gasteiger partial charge >= 0.3 is 5.97 Å². The van der Waals surface area contributed by atoms with Crippen LogP contribution in [0.2, 0.25) is 5.02 Å². The van der Waals surface area contributed by atoms with Crippen molar-refractivity contribution in [3.63, 3.8) is 0 Å². The Labute approximate surface area is 248 Å². The Kier molecular flexibility index (Phi) is 10.3. The fourth-order valence-corrected chi connectivity index (χ4v) is 4.50. The fraction of sp³-hybridized carbons (Fsp3) is 0.200. The number of carbonyl (C=O) groups is 2. The Morgan fingerprint density at radius 1 is 1.05 bits per heavy atom. The van der Waals surface area contributed by atoms with Gasteiger partial charge in [-0.1, -0.05) is 48.0 Å². The summed E-state index contributed by atoms with van der Waals surface area (Å²) in [6.07, 6.45) is 1.52. The minimum absolute atomic E-state index is 0.229. The predicted molar refractivity (Wildman–Crippen MR) is 161 cm³/mol. The summed E-state index contributed by atoms with van der Waals surface area (Å²) in [4.78, 5) is 25.1. The van der Waals surface area contributed by atoms with Gasteiger partial charge in [0, 0.05) is 21.8 Å². The average Bonchev–Trinajstić information content (AvgIpc) is 2.96. The molecule has 11 heteroatoms. The van der Waals surface area contributed by atoms with E-state index in [-0.39, 0.29) is 13.2 Å². The van der Waals surface area contributed by atoms with Crippen molar-refractivity contribution in [1.82, 2.24) is 16.1 Å². The van der Waals surface area contributed by atoms with Gasteiger partial charge < -0.3 is 24.8 Å². The van der Waals surface area contributed by atoms with Crippen molar-refractivity contribution in [3.8, 4) is 11.5 Å². The number of benzene rings is 3. The zero-order valence-corrected chi connectivity index (χ0v) is 24.1. The molecule has 0 saturated heterocycles. The molecule has 3 aromatic rings. The number of nitrogens with zero attached hydrogens (tertiary/aromatic N) is 1. The molecule has 212 valence electrons. The highest BCUT2D eigenvalue weighted by Crippen LogP contribution is 2.33. The van der Waals surface area contributed by atoms with Crippen LogP contribution in [0.1, 0.15) is 36.6 Å². The molecule has 9 nitrogen and oxygen atoms in total. The molecule has 1 amide bonds. The van der Waals surface area contributed by atoms with E-state index in [1.807, 2.05) is 42.5 Å².